The van der Waals surface area contributed by atoms with Gasteiger partial charge in [0.1, 0.15) is 0 Å². The number of hydrogen-bond donors (Lipinski definition) is 0. The van der Waals surface area contributed by atoms with E-state index in [1.165, 1.54) is 67.0 Å². The first-order chi connectivity index (χ1) is 22.8. The lowest BCUT2D eigenvalue weighted by molar-refractivity contribution is 0.672. The highest BCUT2D eigenvalue weighted by Gasteiger charge is 2.38. The van der Waals surface area contributed by atoms with Gasteiger partial charge in [-0.15, -0.1) is 0 Å². The van der Waals surface area contributed by atoms with Gasteiger partial charge in [-0.1, -0.05) is 146 Å². The Labute approximate surface area is 269 Å². The van der Waals surface area contributed by atoms with Crippen molar-refractivity contribution in [2.24, 2.45) is 0 Å². The molecule has 0 radical (unpaired) electrons. The molecule has 0 N–H and O–H groups in total. The number of fused-ring (bicyclic) bond motifs is 7. The van der Waals surface area contributed by atoms with Crippen molar-refractivity contribution in [2.75, 3.05) is 4.90 Å². The van der Waals surface area contributed by atoms with E-state index in [4.69, 9.17) is 0 Å². The van der Waals surface area contributed by atoms with Crippen molar-refractivity contribution in [2.45, 2.75) is 12.0 Å². The van der Waals surface area contributed by atoms with Gasteiger partial charge in [0.05, 0.1) is 11.6 Å². The molecular formula is C44H32N2. The van der Waals surface area contributed by atoms with E-state index in [0.29, 0.717) is 0 Å². The third-order valence-corrected chi connectivity index (χ3v) is 9.53. The molecule has 2 aliphatic rings. The second-order valence-corrected chi connectivity index (χ2v) is 12.1. The summed E-state index contributed by atoms with van der Waals surface area (Å²) in [6, 6.07) is 57.3. The molecule has 2 heteroatoms. The molecule has 218 valence electrons. The van der Waals surface area contributed by atoms with Crippen LogP contribution in [-0.4, -0.2) is 10.6 Å². The lowest BCUT2D eigenvalue weighted by atomic mass is 9.88. The molecule has 0 bridgehead atoms. The van der Waals surface area contributed by atoms with Crippen LogP contribution in [0.1, 0.15) is 11.6 Å². The normalized spacial score (nSPS) is 16.5. The summed E-state index contributed by atoms with van der Waals surface area (Å²) in [6.07, 6.45) is 9.21. The first kappa shape index (κ1) is 26.5. The summed E-state index contributed by atoms with van der Waals surface area (Å²) in [6.45, 7) is 0. The molecule has 2 heterocycles. The third kappa shape index (κ3) is 4.26. The highest BCUT2D eigenvalue weighted by molar-refractivity contribution is 6.04. The summed E-state index contributed by atoms with van der Waals surface area (Å²) < 4.78 is 2.50. The maximum atomic E-state index is 2.56. The van der Waals surface area contributed by atoms with Crippen LogP contribution in [0.3, 0.4) is 0 Å². The molecule has 0 spiro atoms. The molecule has 0 amide bonds. The molecule has 1 aliphatic carbocycles. The fourth-order valence-electron chi connectivity index (χ4n) is 7.50. The highest BCUT2D eigenvalue weighted by Crippen LogP contribution is 2.52. The Hall–Kier alpha value is -5.86. The van der Waals surface area contributed by atoms with Crippen molar-refractivity contribution in [3.8, 4) is 39.1 Å². The Balaban J connectivity index is 1.23. The zero-order valence-electron chi connectivity index (χ0n) is 25.4. The fourth-order valence-corrected chi connectivity index (χ4v) is 7.50. The van der Waals surface area contributed by atoms with Gasteiger partial charge in [0, 0.05) is 45.2 Å². The first-order valence-corrected chi connectivity index (χ1v) is 16.0. The Kier molecular flexibility index (Phi) is 6.31. The quantitative estimate of drug-likeness (QED) is 0.199. The van der Waals surface area contributed by atoms with Crippen molar-refractivity contribution < 1.29 is 0 Å². The van der Waals surface area contributed by atoms with Gasteiger partial charge in [0.2, 0.25) is 0 Å². The summed E-state index contributed by atoms with van der Waals surface area (Å²) in [5, 5.41) is 1.28. The number of anilines is 2. The molecule has 0 saturated heterocycles. The Bertz CT molecular complexity index is 2260. The zero-order valence-corrected chi connectivity index (χ0v) is 25.4. The van der Waals surface area contributed by atoms with Crippen molar-refractivity contribution >= 4 is 22.3 Å². The molecular weight excluding hydrogens is 556 g/mol. The Morgan fingerprint density at radius 3 is 1.89 bits per heavy atom. The van der Waals surface area contributed by atoms with Crippen LogP contribution in [0.25, 0.3) is 50.0 Å². The van der Waals surface area contributed by atoms with E-state index in [0.717, 1.165) is 0 Å². The van der Waals surface area contributed by atoms with Crippen LogP contribution in [0.4, 0.5) is 11.4 Å². The van der Waals surface area contributed by atoms with Crippen molar-refractivity contribution in [3.05, 3.63) is 188 Å². The molecule has 1 aliphatic heterocycles. The minimum Gasteiger partial charge on any atom is -0.333 e. The van der Waals surface area contributed by atoms with Crippen molar-refractivity contribution in [1.29, 1.82) is 0 Å². The number of hydrogen-bond acceptors (Lipinski definition) is 1. The number of benzene rings is 6. The summed E-state index contributed by atoms with van der Waals surface area (Å²) in [5.41, 5.74) is 13.6. The highest BCUT2D eigenvalue weighted by atomic mass is 15.2. The van der Waals surface area contributed by atoms with Crippen LogP contribution in [0, 0.1) is 0 Å². The molecule has 2 unspecified atom stereocenters. The average Bonchev–Trinajstić information content (AvgIpc) is 3.42. The van der Waals surface area contributed by atoms with Gasteiger partial charge in [-0.3, -0.25) is 0 Å². The summed E-state index contributed by atoms with van der Waals surface area (Å²) in [5.74, 6) is 0.133. The molecule has 9 rings (SSSR count). The van der Waals surface area contributed by atoms with E-state index in [9.17, 15) is 0 Å². The molecule has 6 aromatic carbocycles. The van der Waals surface area contributed by atoms with Crippen LogP contribution < -0.4 is 4.90 Å². The SMILES string of the molecule is C1=CC2c3c(c4ccccc4n3-c3ccccc3)-c3ccccc3N(c3cccc(-c4ccc(-c5ccccc5)cc4)c3)C2C=C1. The van der Waals surface area contributed by atoms with Gasteiger partial charge in [-0.05, 0) is 58.7 Å². The second kappa shape index (κ2) is 10.9. The van der Waals surface area contributed by atoms with Gasteiger partial charge >= 0.3 is 0 Å². The van der Waals surface area contributed by atoms with Crippen molar-refractivity contribution in [1.82, 2.24) is 4.57 Å². The smallest absolute Gasteiger partial charge is 0.0643 e. The zero-order chi connectivity index (χ0) is 30.5. The van der Waals surface area contributed by atoms with Crippen LogP contribution in [0.15, 0.2) is 182 Å². The number of allylic oxidation sites excluding steroid dienone is 2. The van der Waals surface area contributed by atoms with Crippen LogP contribution in [-0.2, 0) is 0 Å². The monoisotopic (exact) mass is 588 g/mol. The van der Waals surface area contributed by atoms with Crippen LogP contribution >= 0.6 is 0 Å². The maximum absolute atomic E-state index is 2.56. The molecule has 0 fully saturated rings. The van der Waals surface area contributed by atoms with E-state index in [-0.39, 0.29) is 12.0 Å². The largest absolute Gasteiger partial charge is 0.333 e. The summed E-state index contributed by atoms with van der Waals surface area (Å²) in [7, 11) is 0. The molecule has 7 aromatic rings. The average molecular weight is 589 g/mol. The minimum absolute atomic E-state index is 0.0925. The van der Waals surface area contributed by atoms with E-state index in [1.807, 2.05) is 0 Å². The molecule has 46 heavy (non-hydrogen) atoms. The van der Waals surface area contributed by atoms with Gasteiger partial charge in [0.25, 0.3) is 0 Å². The molecule has 2 nitrogen and oxygen atoms in total. The topological polar surface area (TPSA) is 8.17 Å². The first-order valence-electron chi connectivity index (χ1n) is 16.0. The number of nitrogens with zero attached hydrogens (tertiary/aromatic N) is 2. The standard InChI is InChI=1S/C44H32N2/c1-3-14-31(15-4-1)32-26-28-33(29-27-32)34-16-13-19-36(30-34)45-40-23-10-7-20-37(40)43-38-21-8-11-24-41(38)46(35-17-5-2-6-18-35)44(43)39-22-9-12-25-42(39)45/h1-30,39,42H. The van der Waals surface area contributed by atoms with Gasteiger partial charge in [-0.25, -0.2) is 0 Å². The molecule has 2 atom stereocenters. The van der Waals surface area contributed by atoms with Crippen LogP contribution in [0.5, 0.6) is 0 Å². The van der Waals surface area contributed by atoms with E-state index in [1.54, 1.807) is 0 Å². The molecule has 1 aromatic heterocycles. The minimum atomic E-state index is 0.0925. The van der Waals surface area contributed by atoms with E-state index in [2.05, 4.69) is 191 Å². The van der Waals surface area contributed by atoms with Gasteiger partial charge in [0.15, 0.2) is 0 Å². The second-order valence-electron chi connectivity index (χ2n) is 12.1. The third-order valence-electron chi connectivity index (χ3n) is 9.53. The molecule has 0 saturated carbocycles. The number of rotatable bonds is 4. The predicted octanol–water partition coefficient (Wildman–Crippen LogP) is 11.4. The summed E-state index contributed by atoms with van der Waals surface area (Å²) >= 11 is 0. The van der Waals surface area contributed by atoms with Gasteiger partial charge in [-0.2, -0.15) is 0 Å². The van der Waals surface area contributed by atoms with Gasteiger partial charge < -0.3 is 9.47 Å². The lowest BCUT2D eigenvalue weighted by Gasteiger charge is -2.36. The Morgan fingerprint density at radius 2 is 1.07 bits per heavy atom. The fraction of sp³-hybridized carbons (Fsp3) is 0.0455. The van der Waals surface area contributed by atoms with Crippen LogP contribution in [0.2, 0.25) is 0 Å². The number of para-hydroxylation sites is 3. The van der Waals surface area contributed by atoms with Crippen molar-refractivity contribution in [3.63, 3.8) is 0 Å². The maximum Gasteiger partial charge on any atom is 0.0643 e. The predicted molar refractivity (Wildman–Crippen MR) is 193 cm³/mol. The lowest BCUT2D eigenvalue weighted by Crippen LogP contribution is -2.35. The van der Waals surface area contributed by atoms with E-state index < -0.39 is 0 Å². The number of aromatic nitrogens is 1. The Morgan fingerprint density at radius 1 is 0.457 bits per heavy atom. The van der Waals surface area contributed by atoms with E-state index >= 15 is 0 Å². The summed E-state index contributed by atoms with van der Waals surface area (Å²) in [4.78, 5) is 2.56.